The standard InChI is InChI=1S/C19H19N3O2/c1-13(2)17-8-3-4-9-18(17)22-19(24)14(11-20)12-21-15-6-5-7-16(23)10-15/h3-10,12-13,21,23H,1-2H3,(H,22,24)/b14-12-. The zero-order chi connectivity index (χ0) is 17.5. The number of carbonyl (C=O) groups is 1. The summed E-state index contributed by atoms with van der Waals surface area (Å²) in [5.41, 5.74) is 2.22. The van der Waals surface area contributed by atoms with Crippen molar-refractivity contribution < 1.29 is 9.90 Å². The van der Waals surface area contributed by atoms with E-state index in [-0.39, 0.29) is 17.2 Å². The zero-order valence-electron chi connectivity index (χ0n) is 13.6. The number of para-hydroxylation sites is 1. The molecule has 0 aliphatic heterocycles. The quantitative estimate of drug-likeness (QED) is 0.574. The van der Waals surface area contributed by atoms with Gasteiger partial charge in [-0.2, -0.15) is 5.26 Å². The van der Waals surface area contributed by atoms with Crippen molar-refractivity contribution in [2.75, 3.05) is 10.6 Å². The largest absolute Gasteiger partial charge is 0.508 e. The summed E-state index contributed by atoms with van der Waals surface area (Å²) < 4.78 is 0. The van der Waals surface area contributed by atoms with Crippen molar-refractivity contribution in [1.29, 1.82) is 5.26 Å². The highest BCUT2D eigenvalue weighted by Gasteiger charge is 2.13. The van der Waals surface area contributed by atoms with Gasteiger partial charge in [-0.3, -0.25) is 4.79 Å². The van der Waals surface area contributed by atoms with Crippen molar-refractivity contribution in [1.82, 2.24) is 0 Å². The molecule has 1 amide bonds. The number of benzene rings is 2. The molecule has 0 spiro atoms. The van der Waals surface area contributed by atoms with E-state index in [9.17, 15) is 15.2 Å². The molecule has 2 aromatic carbocycles. The third-order valence-electron chi connectivity index (χ3n) is 3.43. The summed E-state index contributed by atoms with van der Waals surface area (Å²) in [6, 6.07) is 15.8. The zero-order valence-corrected chi connectivity index (χ0v) is 13.6. The summed E-state index contributed by atoms with van der Waals surface area (Å²) in [7, 11) is 0. The number of rotatable bonds is 5. The highest BCUT2D eigenvalue weighted by Crippen LogP contribution is 2.24. The Kier molecular flexibility index (Phi) is 5.58. The van der Waals surface area contributed by atoms with Gasteiger partial charge in [0.05, 0.1) is 0 Å². The van der Waals surface area contributed by atoms with E-state index >= 15 is 0 Å². The molecule has 0 atom stereocenters. The number of phenolic OH excluding ortho intramolecular Hbond substituents is 1. The fourth-order valence-corrected chi connectivity index (χ4v) is 2.20. The Morgan fingerprint density at radius 3 is 2.62 bits per heavy atom. The molecule has 122 valence electrons. The number of hydrogen-bond donors (Lipinski definition) is 3. The molecule has 0 aromatic heterocycles. The van der Waals surface area contributed by atoms with Crippen molar-refractivity contribution in [2.24, 2.45) is 0 Å². The van der Waals surface area contributed by atoms with Crippen molar-refractivity contribution >= 4 is 17.3 Å². The molecule has 0 heterocycles. The molecule has 0 saturated heterocycles. The van der Waals surface area contributed by atoms with Gasteiger partial charge in [0.2, 0.25) is 0 Å². The molecule has 2 aromatic rings. The van der Waals surface area contributed by atoms with Crippen LogP contribution < -0.4 is 10.6 Å². The minimum Gasteiger partial charge on any atom is -0.508 e. The molecule has 3 N–H and O–H groups in total. The van der Waals surface area contributed by atoms with Gasteiger partial charge in [0.25, 0.3) is 5.91 Å². The third-order valence-corrected chi connectivity index (χ3v) is 3.43. The first-order valence-corrected chi connectivity index (χ1v) is 7.57. The highest BCUT2D eigenvalue weighted by molar-refractivity contribution is 6.07. The SMILES string of the molecule is CC(C)c1ccccc1NC(=O)/C(C#N)=C\Nc1cccc(O)c1. The molecule has 2 rings (SSSR count). The Hall–Kier alpha value is -3.26. The van der Waals surface area contributed by atoms with E-state index in [0.29, 0.717) is 11.4 Å². The maximum absolute atomic E-state index is 12.3. The normalized spacial score (nSPS) is 11.0. The molecule has 0 fully saturated rings. The number of carbonyl (C=O) groups excluding carboxylic acids is 1. The van der Waals surface area contributed by atoms with Crippen molar-refractivity contribution in [3.63, 3.8) is 0 Å². The Labute approximate surface area is 141 Å². The average Bonchev–Trinajstić information content (AvgIpc) is 2.55. The lowest BCUT2D eigenvalue weighted by molar-refractivity contribution is -0.112. The minimum atomic E-state index is -0.488. The molecule has 24 heavy (non-hydrogen) atoms. The predicted molar refractivity (Wildman–Crippen MR) is 94.6 cm³/mol. The number of aromatic hydroxyl groups is 1. The molecular weight excluding hydrogens is 302 g/mol. The van der Waals surface area contributed by atoms with Gasteiger partial charge in [0.15, 0.2) is 0 Å². The van der Waals surface area contributed by atoms with Crippen LogP contribution in [0.4, 0.5) is 11.4 Å². The number of anilines is 2. The van der Waals surface area contributed by atoms with E-state index in [1.807, 2.05) is 44.2 Å². The van der Waals surface area contributed by atoms with E-state index in [1.165, 1.54) is 18.3 Å². The molecule has 5 heteroatoms. The fraction of sp³-hybridized carbons (Fsp3) is 0.158. The van der Waals surface area contributed by atoms with Gasteiger partial charge in [-0.15, -0.1) is 0 Å². The summed E-state index contributed by atoms with van der Waals surface area (Å²) in [4.78, 5) is 12.3. The summed E-state index contributed by atoms with van der Waals surface area (Å²) >= 11 is 0. The van der Waals surface area contributed by atoms with Crippen LogP contribution in [0.2, 0.25) is 0 Å². The number of amides is 1. The number of hydrogen-bond acceptors (Lipinski definition) is 4. The van der Waals surface area contributed by atoms with Crippen LogP contribution in [0.25, 0.3) is 0 Å². The lowest BCUT2D eigenvalue weighted by Gasteiger charge is -2.13. The predicted octanol–water partition coefficient (Wildman–Crippen LogP) is 3.97. The number of nitrogens with zero attached hydrogens (tertiary/aromatic N) is 1. The maximum atomic E-state index is 12.3. The maximum Gasteiger partial charge on any atom is 0.267 e. The van der Waals surface area contributed by atoms with Gasteiger partial charge < -0.3 is 15.7 Å². The van der Waals surface area contributed by atoms with Gasteiger partial charge in [-0.1, -0.05) is 38.1 Å². The van der Waals surface area contributed by atoms with Gasteiger partial charge >= 0.3 is 0 Å². The minimum absolute atomic E-state index is 0.0584. The van der Waals surface area contributed by atoms with Crippen LogP contribution in [0.1, 0.15) is 25.3 Å². The van der Waals surface area contributed by atoms with Gasteiger partial charge in [0, 0.05) is 23.6 Å². The molecule has 0 radical (unpaired) electrons. The molecule has 0 unspecified atom stereocenters. The van der Waals surface area contributed by atoms with Crippen LogP contribution >= 0.6 is 0 Å². The summed E-state index contributed by atoms with van der Waals surface area (Å²) in [6.45, 7) is 4.07. The summed E-state index contributed by atoms with van der Waals surface area (Å²) in [5, 5.41) is 24.2. The van der Waals surface area contributed by atoms with E-state index < -0.39 is 5.91 Å². The number of nitriles is 1. The highest BCUT2D eigenvalue weighted by atomic mass is 16.3. The van der Waals surface area contributed by atoms with Crippen molar-refractivity contribution in [3.8, 4) is 11.8 Å². The first-order chi connectivity index (χ1) is 11.5. The molecule has 0 aliphatic rings. The average molecular weight is 321 g/mol. The number of nitrogens with one attached hydrogen (secondary N) is 2. The van der Waals surface area contributed by atoms with Crippen molar-refractivity contribution in [3.05, 3.63) is 65.9 Å². The molecule has 0 saturated carbocycles. The van der Waals surface area contributed by atoms with Crippen LogP contribution in [0.5, 0.6) is 5.75 Å². The van der Waals surface area contributed by atoms with Crippen LogP contribution in [0.15, 0.2) is 60.3 Å². The second-order valence-electron chi connectivity index (χ2n) is 5.56. The second-order valence-corrected chi connectivity index (χ2v) is 5.56. The molecular formula is C19H19N3O2. The second kappa shape index (κ2) is 7.84. The first-order valence-electron chi connectivity index (χ1n) is 7.57. The summed E-state index contributed by atoms with van der Waals surface area (Å²) in [6.07, 6.45) is 1.32. The van der Waals surface area contributed by atoms with Gasteiger partial charge in [0.1, 0.15) is 17.4 Å². The van der Waals surface area contributed by atoms with Crippen molar-refractivity contribution in [2.45, 2.75) is 19.8 Å². The van der Waals surface area contributed by atoms with Crippen LogP contribution in [0.3, 0.4) is 0 Å². The molecule has 5 nitrogen and oxygen atoms in total. The fourth-order valence-electron chi connectivity index (χ4n) is 2.20. The smallest absolute Gasteiger partial charge is 0.267 e. The van der Waals surface area contributed by atoms with Crippen LogP contribution in [-0.2, 0) is 4.79 Å². The van der Waals surface area contributed by atoms with Gasteiger partial charge in [-0.25, -0.2) is 0 Å². The Balaban J connectivity index is 2.15. The summed E-state index contributed by atoms with van der Waals surface area (Å²) in [5.74, 6) is -0.137. The third kappa shape index (κ3) is 4.37. The lowest BCUT2D eigenvalue weighted by Crippen LogP contribution is -2.16. The van der Waals surface area contributed by atoms with E-state index in [2.05, 4.69) is 10.6 Å². The van der Waals surface area contributed by atoms with E-state index in [1.54, 1.807) is 12.1 Å². The first kappa shape index (κ1) is 17.1. The van der Waals surface area contributed by atoms with E-state index in [0.717, 1.165) is 5.56 Å². The lowest BCUT2D eigenvalue weighted by atomic mass is 10.0. The number of phenols is 1. The van der Waals surface area contributed by atoms with E-state index in [4.69, 9.17) is 0 Å². The van der Waals surface area contributed by atoms with Gasteiger partial charge in [-0.05, 0) is 29.7 Å². The Morgan fingerprint density at radius 1 is 1.21 bits per heavy atom. The topological polar surface area (TPSA) is 85.2 Å². The monoisotopic (exact) mass is 321 g/mol. The molecule has 0 aliphatic carbocycles. The molecule has 0 bridgehead atoms. The van der Waals surface area contributed by atoms with Crippen LogP contribution in [-0.4, -0.2) is 11.0 Å². The van der Waals surface area contributed by atoms with Crippen LogP contribution in [0, 0.1) is 11.3 Å². The Morgan fingerprint density at radius 2 is 1.96 bits per heavy atom. The Bertz CT molecular complexity index is 804.